The summed E-state index contributed by atoms with van der Waals surface area (Å²) in [5.41, 5.74) is 3.85. The van der Waals surface area contributed by atoms with E-state index in [0.29, 0.717) is 22.3 Å². The predicted molar refractivity (Wildman–Crippen MR) is 104 cm³/mol. The zero-order valence-electron chi connectivity index (χ0n) is 16.0. The second-order valence-corrected chi connectivity index (χ2v) is 6.84. The van der Waals surface area contributed by atoms with Gasteiger partial charge in [-0.25, -0.2) is 9.78 Å². The van der Waals surface area contributed by atoms with Crippen molar-refractivity contribution in [2.24, 2.45) is 0 Å². The highest BCUT2D eigenvalue weighted by molar-refractivity contribution is 6.12. The molecule has 0 saturated carbocycles. The number of ether oxygens (including phenoxy) is 1. The number of H-pyrrole nitrogens is 1. The Morgan fingerprint density at radius 1 is 1.18 bits per heavy atom. The number of carbonyl (C=O) groups is 2. The molecule has 3 aromatic heterocycles. The molecule has 28 heavy (non-hydrogen) atoms. The molecule has 0 aliphatic carbocycles. The summed E-state index contributed by atoms with van der Waals surface area (Å²) in [4.78, 5) is 33.3. The molecule has 0 amide bonds. The van der Waals surface area contributed by atoms with Gasteiger partial charge in [-0.2, -0.15) is 0 Å². The van der Waals surface area contributed by atoms with Gasteiger partial charge in [0.1, 0.15) is 0 Å². The molecular weight excluding hydrogens is 358 g/mol. The van der Waals surface area contributed by atoms with E-state index in [9.17, 15) is 9.59 Å². The fourth-order valence-electron chi connectivity index (χ4n) is 3.45. The van der Waals surface area contributed by atoms with E-state index in [4.69, 9.17) is 9.26 Å². The Kier molecular flexibility index (Phi) is 4.22. The van der Waals surface area contributed by atoms with Gasteiger partial charge in [0, 0.05) is 27.9 Å². The van der Waals surface area contributed by atoms with E-state index in [1.165, 1.54) is 0 Å². The van der Waals surface area contributed by atoms with Crippen molar-refractivity contribution in [1.82, 2.24) is 15.1 Å². The Morgan fingerprint density at radius 2 is 1.93 bits per heavy atom. The maximum Gasteiger partial charge on any atom is 0.339 e. The standard InChI is InChI=1S/C21H19N3O4/c1-10-9-15(18-12(3)24-28-20(18)22-10)21(26)27-13(4)19(25)17-11(2)23-16-8-6-5-7-14(16)17/h5-9,13,23H,1-4H3/t13-/m1/s1. The highest BCUT2D eigenvalue weighted by atomic mass is 16.5. The monoisotopic (exact) mass is 377 g/mol. The van der Waals surface area contributed by atoms with E-state index in [1.807, 2.05) is 31.2 Å². The number of para-hydroxylation sites is 1. The van der Waals surface area contributed by atoms with Crippen LogP contribution in [0.2, 0.25) is 0 Å². The maximum absolute atomic E-state index is 13.0. The summed E-state index contributed by atoms with van der Waals surface area (Å²) >= 11 is 0. The SMILES string of the molecule is Cc1cc(C(=O)O[C@H](C)C(=O)c2c(C)[nH]c3ccccc23)c2c(C)noc2n1. The number of pyridine rings is 1. The molecule has 1 atom stereocenters. The molecule has 0 saturated heterocycles. The first-order valence-electron chi connectivity index (χ1n) is 8.93. The number of esters is 1. The number of aromatic nitrogens is 3. The van der Waals surface area contributed by atoms with Gasteiger partial charge in [0.2, 0.25) is 5.78 Å². The number of nitrogens with one attached hydrogen (secondary N) is 1. The zero-order chi connectivity index (χ0) is 20.0. The lowest BCUT2D eigenvalue weighted by Gasteiger charge is -2.13. The first-order chi connectivity index (χ1) is 13.4. The molecule has 0 aliphatic heterocycles. The number of rotatable bonds is 4. The Labute approximate surface area is 160 Å². The summed E-state index contributed by atoms with van der Waals surface area (Å²) in [5, 5.41) is 5.17. The first-order valence-corrected chi connectivity index (χ1v) is 8.93. The second kappa shape index (κ2) is 6.60. The van der Waals surface area contributed by atoms with Crippen LogP contribution >= 0.6 is 0 Å². The Bertz CT molecular complexity index is 1240. The van der Waals surface area contributed by atoms with Crippen molar-refractivity contribution in [2.45, 2.75) is 33.8 Å². The van der Waals surface area contributed by atoms with Crippen LogP contribution in [-0.4, -0.2) is 33.0 Å². The molecule has 4 rings (SSSR count). The Morgan fingerprint density at radius 3 is 2.71 bits per heavy atom. The summed E-state index contributed by atoms with van der Waals surface area (Å²) < 4.78 is 10.7. The lowest BCUT2D eigenvalue weighted by Crippen LogP contribution is -2.25. The molecule has 0 bridgehead atoms. The number of aryl methyl sites for hydroxylation is 3. The molecule has 7 heteroatoms. The molecule has 0 fully saturated rings. The van der Waals surface area contributed by atoms with Gasteiger partial charge in [-0.3, -0.25) is 4.79 Å². The summed E-state index contributed by atoms with van der Waals surface area (Å²) in [6.45, 7) is 6.88. The lowest BCUT2D eigenvalue weighted by molar-refractivity contribution is 0.0321. The minimum absolute atomic E-state index is 0.257. The van der Waals surface area contributed by atoms with Crippen molar-refractivity contribution in [2.75, 3.05) is 0 Å². The molecule has 1 aromatic carbocycles. The number of hydrogen-bond acceptors (Lipinski definition) is 6. The number of fused-ring (bicyclic) bond motifs is 2. The quantitative estimate of drug-likeness (QED) is 0.425. The summed E-state index contributed by atoms with van der Waals surface area (Å²) in [6, 6.07) is 9.16. The van der Waals surface area contributed by atoms with Crippen molar-refractivity contribution in [1.29, 1.82) is 0 Å². The average Bonchev–Trinajstić information content (AvgIpc) is 3.19. The van der Waals surface area contributed by atoms with Crippen LogP contribution in [0.5, 0.6) is 0 Å². The highest BCUT2D eigenvalue weighted by Crippen LogP contribution is 2.26. The molecular formula is C21H19N3O4. The number of aromatic amines is 1. The minimum atomic E-state index is -0.950. The van der Waals surface area contributed by atoms with E-state index in [-0.39, 0.29) is 17.1 Å². The van der Waals surface area contributed by atoms with Gasteiger partial charge >= 0.3 is 5.97 Å². The molecule has 4 aromatic rings. The van der Waals surface area contributed by atoms with Crippen LogP contribution in [0.1, 0.15) is 44.7 Å². The molecule has 0 radical (unpaired) electrons. The molecule has 1 N–H and O–H groups in total. The van der Waals surface area contributed by atoms with Crippen LogP contribution in [0, 0.1) is 20.8 Å². The van der Waals surface area contributed by atoms with Crippen LogP contribution in [0.4, 0.5) is 0 Å². The number of benzene rings is 1. The topological polar surface area (TPSA) is 98.1 Å². The van der Waals surface area contributed by atoms with E-state index in [0.717, 1.165) is 16.6 Å². The number of Topliss-reactive ketones (excluding diaryl/α,β-unsaturated/α-hetero) is 1. The third-order valence-electron chi connectivity index (χ3n) is 4.76. The van der Waals surface area contributed by atoms with Gasteiger partial charge in [-0.05, 0) is 39.8 Å². The van der Waals surface area contributed by atoms with Crippen LogP contribution in [0.15, 0.2) is 34.9 Å². The van der Waals surface area contributed by atoms with Crippen LogP contribution in [-0.2, 0) is 4.74 Å². The third-order valence-corrected chi connectivity index (χ3v) is 4.76. The summed E-state index contributed by atoms with van der Waals surface area (Å²) in [6.07, 6.45) is -0.950. The molecule has 0 unspecified atom stereocenters. The van der Waals surface area contributed by atoms with Gasteiger partial charge in [-0.1, -0.05) is 23.4 Å². The first kappa shape index (κ1) is 17.9. The number of carbonyl (C=O) groups excluding carboxylic acids is 2. The Hall–Kier alpha value is -3.48. The molecule has 3 heterocycles. The molecule has 0 spiro atoms. The maximum atomic E-state index is 13.0. The summed E-state index contributed by atoms with van der Waals surface area (Å²) in [7, 11) is 0. The van der Waals surface area contributed by atoms with E-state index in [1.54, 1.807) is 26.8 Å². The van der Waals surface area contributed by atoms with E-state index >= 15 is 0 Å². The van der Waals surface area contributed by atoms with Gasteiger partial charge in [0.25, 0.3) is 5.71 Å². The van der Waals surface area contributed by atoms with Crippen molar-refractivity contribution < 1.29 is 18.8 Å². The van der Waals surface area contributed by atoms with Gasteiger partial charge in [0.15, 0.2) is 6.10 Å². The Balaban J connectivity index is 1.66. The van der Waals surface area contributed by atoms with Crippen molar-refractivity contribution >= 4 is 33.8 Å². The zero-order valence-corrected chi connectivity index (χ0v) is 16.0. The van der Waals surface area contributed by atoms with Crippen molar-refractivity contribution in [3.8, 4) is 0 Å². The fraction of sp³-hybridized carbons (Fsp3) is 0.238. The van der Waals surface area contributed by atoms with E-state index in [2.05, 4.69) is 15.1 Å². The largest absolute Gasteiger partial charge is 0.451 e. The average molecular weight is 377 g/mol. The predicted octanol–water partition coefficient (Wildman–Crippen LogP) is 4.06. The normalized spacial score (nSPS) is 12.4. The van der Waals surface area contributed by atoms with Crippen LogP contribution < -0.4 is 0 Å². The van der Waals surface area contributed by atoms with Gasteiger partial charge < -0.3 is 14.2 Å². The molecule has 7 nitrogen and oxygen atoms in total. The molecule has 142 valence electrons. The van der Waals surface area contributed by atoms with Crippen molar-refractivity contribution in [3.05, 3.63) is 58.5 Å². The smallest absolute Gasteiger partial charge is 0.339 e. The number of ketones is 1. The number of nitrogens with zero attached hydrogens (tertiary/aromatic N) is 2. The highest BCUT2D eigenvalue weighted by Gasteiger charge is 2.26. The van der Waals surface area contributed by atoms with E-state index < -0.39 is 12.1 Å². The fourth-order valence-corrected chi connectivity index (χ4v) is 3.45. The third kappa shape index (κ3) is 2.85. The van der Waals surface area contributed by atoms with Gasteiger partial charge in [-0.15, -0.1) is 0 Å². The van der Waals surface area contributed by atoms with Crippen LogP contribution in [0.3, 0.4) is 0 Å². The number of hydrogen-bond donors (Lipinski definition) is 1. The van der Waals surface area contributed by atoms with Gasteiger partial charge in [0.05, 0.1) is 16.6 Å². The second-order valence-electron chi connectivity index (χ2n) is 6.84. The molecule has 0 aliphatic rings. The van der Waals surface area contributed by atoms with Crippen molar-refractivity contribution in [3.63, 3.8) is 0 Å². The summed E-state index contributed by atoms with van der Waals surface area (Å²) in [5.74, 6) is -0.868. The minimum Gasteiger partial charge on any atom is -0.451 e. The lowest BCUT2D eigenvalue weighted by atomic mass is 10.0. The van der Waals surface area contributed by atoms with Crippen LogP contribution in [0.25, 0.3) is 22.0 Å².